The number of ether oxygens (including phenoxy) is 1. The van der Waals surface area contributed by atoms with Gasteiger partial charge in [0.05, 0.1) is 12.7 Å². The molecule has 0 radical (unpaired) electrons. The highest BCUT2D eigenvalue weighted by Gasteiger charge is 2.42. The number of rotatable bonds is 6. The number of ketones is 1. The number of Topliss-reactive ketones (excluding diaryl/α,β-unsaturated/α-hetero) is 1. The molecule has 3 aromatic carbocycles. The second-order valence-corrected chi connectivity index (χ2v) is 8.92. The van der Waals surface area contributed by atoms with Crippen molar-refractivity contribution in [1.82, 2.24) is 4.57 Å². The molecule has 1 heterocycles. The average molecular weight is 535 g/mol. The summed E-state index contributed by atoms with van der Waals surface area (Å²) >= 11 is 12.2. The highest BCUT2D eigenvalue weighted by Crippen LogP contribution is 2.40. The van der Waals surface area contributed by atoms with E-state index in [1.165, 1.54) is 49.6 Å². The van der Waals surface area contributed by atoms with Crippen molar-refractivity contribution in [1.29, 1.82) is 0 Å². The SMILES string of the molecule is COc1ccc(NC(=O)C(=O)c2c(C(F)(F)F)n(Cc3ccc(Cl)cc3Cl)c3ccc(C)cc23)cc1. The van der Waals surface area contributed by atoms with Crippen LogP contribution in [0.1, 0.15) is 27.2 Å². The van der Waals surface area contributed by atoms with E-state index in [9.17, 15) is 22.8 Å². The van der Waals surface area contributed by atoms with Gasteiger partial charge in [0.1, 0.15) is 11.4 Å². The van der Waals surface area contributed by atoms with Gasteiger partial charge < -0.3 is 14.6 Å². The van der Waals surface area contributed by atoms with Crippen molar-refractivity contribution in [2.45, 2.75) is 19.6 Å². The van der Waals surface area contributed by atoms with Crippen LogP contribution >= 0.6 is 23.2 Å². The van der Waals surface area contributed by atoms with Crippen molar-refractivity contribution in [2.75, 3.05) is 12.4 Å². The summed E-state index contributed by atoms with van der Waals surface area (Å²) in [6.07, 6.45) is -4.95. The van der Waals surface area contributed by atoms with E-state index in [4.69, 9.17) is 27.9 Å². The molecule has 0 unspecified atom stereocenters. The zero-order valence-electron chi connectivity index (χ0n) is 19.0. The highest BCUT2D eigenvalue weighted by molar-refractivity contribution is 6.48. The van der Waals surface area contributed by atoms with E-state index in [-0.39, 0.29) is 28.2 Å². The van der Waals surface area contributed by atoms with Gasteiger partial charge >= 0.3 is 6.18 Å². The van der Waals surface area contributed by atoms with E-state index in [1.807, 2.05) is 0 Å². The van der Waals surface area contributed by atoms with Gasteiger partial charge in [-0.15, -0.1) is 0 Å². The molecular formula is C26H19Cl2F3N2O3. The van der Waals surface area contributed by atoms with Gasteiger partial charge in [-0.3, -0.25) is 9.59 Å². The van der Waals surface area contributed by atoms with Gasteiger partial charge in [0.25, 0.3) is 11.7 Å². The maximum absolute atomic E-state index is 14.5. The van der Waals surface area contributed by atoms with Crippen molar-refractivity contribution in [3.63, 3.8) is 0 Å². The first kappa shape index (κ1) is 25.6. The van der Waals surface area contributed by atoms with Crippen LogP contribution in [0.4, 0.5) is 18.9 Å². The van der Waals surface area contributed by atoms with Crippen LogP contribution in [0.25, 0.3) is 10.9 Å². The number of nitrogens with zero attached hydrogens (tertiary/aromatic N) is 1. The predicted octanol–water partition coefficient (Wildman–Crippen LogP) is 7.15. The number of nitrogens with one attached hydrogen (secondary N) is 1. The maximum Gasteiger partial charge on any atom is 0.432 e. The van der Waals surface area contributed by atoms with Crippen molar-refractivity contribution < 1.29 is 27.5 Å². The first-order valence-corrected chi connectivity index (χ1v) is 11.4. The zero-order valence-corrected chi connectivity index (χ0v) is 20.6. The first-order chi connectivity index (χ1) is 17.0. The summed E-state index contributed by atoms with van der Waals surface area (Å²) in [4.78, 5) is 26.1. The third-order valence-corrected chi connectivity index (χ3v) is 6.20. The first-order valence-electron chi connectivity index (χ1n) is 10.6. The Hall–Kier alpha value is -3.49. The quantitative estimate of drug-likeness (QED) is 0.211. The Balaban J connectivity index is 1.86. The average Bonchev–Trinajstić information content (AvgIpc) is 3.14. The maximum atomic E-state index is 14.5. The fourth-order valence-corrected chi connectivity index (χ4v) is 4.42. The van der Waals surface area contributed by atoms with E-state index in [0.717, 1.165) is 4.57 Å². The molecule has 0 fully saturated rings. The molecular weight excluding hydrogens is 516 g/mol. The van der Waals surface area contributed by atoms with Crippen LogP contribution in [0.5, 0.6) is 5.75 Å². The van der Waals surface area contributed by atoms with Crippen LogP contribution in [0, 0.1) is 6.92 Å². The molecule has 0 spiro atoms. The number of halogens is 5. The molecule has 186 valence electrons. The van der Waals surface area contributed by atoms with Gasteiger partial charge in [-0.25, -0.2) is 0 Å². The summed E-state index contributed by atoms with van der Waals surface area (Å²) in [6.45, 7) is 1.39. The molecule has 36 heavy (non-hydrogen) atoms. The van der Waals surface area contributed by atoms with E-state index in [1.54, 1.807) is 25.1 Å². The molecule has 4 rings (SSSR count). The van der Waals surface area contributed by atoms with Crippen LogP contribution in [0.15, 0.2) is 60.7 Å². The fourth-order valence-electron chi connectivity index (χ4n) is 3.95. The van der Waals surface area contributed by atoms with Crippen LogP contribution < -0.4 is 10.1 Å². The van der Waals surface area contributed by atoms with E-state index < -0.39 is 29.1 Å². The Bertz CT molecular complexity index is 1480. The number of aromatic nitrogens is 1. The van der Waals surface area contributed by atoms with Crippen LogP contribution in [-0.2, 0) is 17.5 Å². The number of benzene rings is 3. The van der Waals surface area contributed by atoms with Crippen molar-refractivity contribution >= 4 is 51.5 Å². The molecule has 0 aliphatic rings. The zero-order chi connectivity index (χ0) is 26.2. The Labute approximate surface area is 214 Å². The Morgan fingerprint density at radius 2 is 1.69 bits per heavy atom. The Kier molecular flexibility index (Phi) is 7.02. The van der Waals surface area contributed by atoms with Crippen LogP contribution in [0.2, 0.25) is 10.0 Å². The third kappa shape index (κ3) is 5.05. The smallest absolute Gasteiger partial charge is 0.432 e. The van der Waals surface area contributed by atoms with E-state index in [0.29, 0.717) is 21.9 Å². The number of hydrogen-bond acceptors (Lipinski definition) is 3. The number of alkyl halides is 3. The van der Waals surface area contributed by atoms with Crippen molar-refractivity contribution in [3.05, 3.63) is 93.1 Å². The lowest BCUT2D eigenvalue weighted by molar-refractivity contribution is -0.143. The second kappa shape index (κ2) is 9.87. The van der Waals surface area contributed by atoms with Gasteiger partial charge in [-0.2, -0.15) is 13.2 Å². The number of aryl methyl sites for hydroxylation is 1. The summed E-state index contributed by atoms with van der Waals surface area (Å²) < 4.78 is 49.4. The molecule has 4 aromatic rings. The van der Waals surface area contributed by atoms with Gasteiger partial charge in [0.2, 0.25) is 0 Å². The standard InChI is InChI=1S/C26H19Cl2F3N2O3/c1-14-3-10-21-19(11-14)22(23(34)25(35)32-17-6-8-18(36-2)9-7-17)24(26(29,30)31)33(21)13-15-4-5-16(27)12-20(15)28/h3-12H,13H2,1-2H3,(H,32,35). The minimum atomic E-state index is -4.95. The lowest BCUT2D eigenvalue weighted by Gasteiger charge is -2.15. The number of carbonyl (C=O) groups excluding carboxylic acids is 2. The Morgan fingerprint density at radius 3 is 2.31 bits per heavy atom. The normalized spacial score (nSPS) is 11.5. The molecule has 1 N–H and O–H groups in total. The summed E-state index contributed by atoms with van der Waals surface area (Å²) in [5.41, 5.74) is -0.593. The van der Waals surface area contributed by atoms with Crippen molar-refractivity contribution in [2.24, 2.45) is 0 Å². The lowest BCUT2D eigenvalue weighted by atomic mass is 10.0. The van der Waals surface area contributed by atoms with Gasteiger partial charge in [0, 0.05) is 33.2 Å². The molecule has 10 heteroatoms. The molecule has 1 aromatic heterocycles. The van der Waals surface area contributed by atoms with Crippen LogP contribution in [-0.4, -0.2) is 23.4 Å². The molecule has 0 saturated carbocycles. The molecule has 0 aliphatic carbocycles. The van der Waals surface area contributed by atoms with E-state index >= 15 is 0 Å². The minimum Gasteiger partial charge on any atom is -0.497 e. The number of hydrogen-bond donors (Lipinski definition) is 1. The summed E-state index contributed by atoms with van der Waals surface area (Å²) in [5, 5.41) is 2.89. The molecule has 1 amide bonds. The lowest BCUT2D eigenvalue weighted by Crippen LogP contribution is -2.26. The number of carbonyl (C=O) groups is 2. The second-order valence-electron chi connectivity index (χ2n) is 8.08. The molecule has 5 nitrogen and oxygen atoms in total. The largest absolute Gasteiger partial charge is 0.497 e. The van der Waals surface area contributed by atoms with Gasteiger partial charge in [-0.05, 0) is 61.0 Å². The predicted molar refractivity (Wildman–Crippen MR) is 133 cm³/mol. The number of anilines is 1. The monoisotopic (exact) mass is 534 g/mol. The summed E-state index contributed by atoms with van der Waals surface area (Å²) in [5.74, 6) is -2.00. The number of amides is 1. The third-order valence-electron chi connectivity index (χ3n) is 5.61. The topological polar surface area (TPSA) is 60.3 Å². The number of methoxy groups -OCH3 is 1. The number of fused-ring (bicyclic) bond motifs is 1. The summed E-state index contributed by atoms with van der Waals surface area (Å²) in [6, 6.07) is 15.1. The minimum absolute atomic E-state index is 0.0160. The van der Waals surface area contributed by atoms with Gasteiger partial charge in [0.15, 0.2) is 0 Å². The van der Waals surface area contributed by atoms with Crippen molar-refractivity contribution in [3.8, 4) is 5.75 Å². The molecule has 0 aliphatic heterocycles. The van der Waals surface area contributed by atoms with E-state index in [2.05, 4.69) is 5.32 Å². The summed E-state index contributed by atoms with van der Waals surface area (Å²) in [7, 11) is 1.46. The molecule has 0 atom stereocenters. The molecule has 0 saturated heterocycles. The fraction of sp³-hybridized carbons (Fsp3) is 0.154. The highest BCUT2D eigenvalue weighted by atomic mass is 35.5. The van der Waals surface area contributed by atoms with Crippen LogP contribution in [0.3, 0.4) is 0 Å². The Morgan fingerprint density at radius 1 is 1.00 bits per heavy atom. The molecule has 0 bridgehead atoms. The van der Waals surface area contributed by atoms with Gasteiger partial charge in [-0.1, -0.05) is 40.9 Å².